The number of allylic oxidation sites excluding steroid dienone is 2. The van der Waals surface area contributed by atoms with Crippen molar-refractivity contribution in [3.8, 4) is 0 Å². The first-order valence-electron chi connectivity index (χ1n) is 10.4. The van der Waals surface area contributed by atoms with Crippen LogP contribution in [0.15, 0.2) is 65.6 Å². The number of hydrogen-bond acceptors (Lipinski definition) is 5. The van der Waals surface area contributed by atoms with Crippen LogP contribution < -0.4 is 10.0 Å². The van der Waals surface area contributed by atoms with Crippen LogP contribution in [0.2, 0.25) is 0 Å². The second-order valence-electron chi connectivity index (χ2n) is 7.90. The standard InChI is InChI=1S/C23H22FN3O5S/c24-19-10-3-4-11-20(19)26-33(31,32)16-7-5-6-15(14-16)25-21(28)12-13-27-22(29)17-8-1-2-9-18(17)23(27)30/h1-7,10-11,14,17-18,26H,8-9,12-13H2,(H,25,28). The van der Waals surface area contributed by atoms with Crippen LogP contribution in [-0.2, 0) is 24.4 Å². The molecule has 2 N–H and O–H groups in total. The number of nitrogens with one attached hydrogen (secondary N) is 2. The molecule has 10 heteroatoms. The fourth-order valence-electron chi connectivity index (χ4n) is 4.01. The van der Waals surface area contributed by atoms with E-state index in [1.165, 1.54) is 42.5 Å². The topological polar surface area (TPSA) is 113 Å². The maximum atomic E-state index is 13.8. The summed E-state index contributed by atoms with van der Waals surface area (Å²) in [4.78, 5) is 38.4. The number of anilines is 2. The summed E-state index contributed by atoms with van der Waals surface area (Å²) in [6, 6.07) is 10.9. The zero-order valence-electron chi connectivity index (χ0n) is 17.5. The Bertz CT molecular complexity index is 1220. The van der Waals surface area contributed by atoms with Gasteiger partial charge in [-0.05, 0) is 43.2 Å². The summed E-state index contributed by atoms with van der Waals surface area (Å²) in [5.41, 5.74) is 0.0241. The largest absolute Gasteiger partial charge is 0.326 e. The molecular weight excluding hydrogens is 449 g/mol. The molecule has 0 bridgehead atoms. The summed E-state index contributed by atoms with van der Waals surface area (Å²) < 4.78 is 41.2. The highest BCUT2D eigenvalue weighted by molar-refractivity contribution is 7.92. The number of amides is 3. The van der Waals surface area contributed by atoms with Crippen LogP contribution in [0.4, 0.5) is 15.8 Å². The van der Waals surface area contributed by atoms with Gasteiger partial charge in [-0.25, -0.2) is 12.8 Å². The second-order valence-corrected chi connectivity index (χ2v) is 9.58. The molecule has 2 atom stereocenters. The molecule has 1 heterocycles. The number of rotatable bonds is 7. The average molecular weight is 472 g/mol. The number of hydrogen-bond donors (Lipinski definition) is 2. The van der Waals surface area contributed by atoms with E-state index in [2.05, 4.69) is 10.0 Å². The van der Waals surface area contributed by atoms with Gasteiger partial charge >= 0.3 is 0 Å². The minimum atomic E-state index is -4.09. The fraction of sp³-hybridized carbons (Fsp3) is 0.261. The first-order valence-corrected chi connectivity index (χ1v) is 11.9. The third-order valence-electron chi connectivity index (χ3n) is 5.71. The molecule has 0 aromatic heterocycles. The lowest BCUT2D eigenvalue weighted by Gasteiger charge is -2.15. The SMILES string of the molecule is O=C(CCN1C(=O)C2CC=CCC2C1=O)Nc1cccc(S(=O)(=O)Nc2ccccc2F)c1. The Labute approximate surface area is 190 Å². The van der Waals surface area contributed by atoms with E-state index in [1.807, 2.05) is 12.2 Å². The van der Waals surface area contributed by atoms with Crippen LogP contribution in [0.5, 0.6) is 0 Å². The lowest BCUT2D eigenvalue weighted by atomic mass is 9.85. The number of para-hydroxylation sites is 1. The lowest BCUT2D eigenvalue weighted by molar-refractivity contribution is -0.140. The molecule has 172 valence electrons. The lowest BCUT2D eigenvalue weighted by Crippen LogP contribution is -2.34. The van der Waals surface area contributed by atoms with Crippen molar-refractivity contribution in [1.82, 2.24) is 4.90 Å². The normalized spacial score (nSPS) is 20.0. The van der Waals surface area contributed by atoms with Crippen molar-refractivity contribution in [3.05, 3.63) is 66.5 Å². The Morgan fingerprint density at radius 2 is 1.67 bits per heavy atom. The van der Waals surface area contributed by atoms with Crippen LogP contribution in [0.25, 0.3) is 0 Å². The molecule has 33 heavy (non-hydrogen) atoms. The van der Waals surface area contributed by atoms with Crippen molar-refractivity contribution in [2.24, 2.45) is 11.8 Å². The van der Waals surface area contributed by atoms with Gasteiger partial charge in [-0.15, -0.1) is 0 Å². The molecule has 1 aliphatic carbocycles. The summed E-state index contributed by atoms with van der Waals surface area (Å²) in [6.45, 7) is -0.0384. The van der Waals surface area contributed by atoms with Crippen LogP contribution in [0.1, 0.15) is 19.3 Å². The predicted octanol–water partition coefficient (Wildman–Crippen LogP) is 2.91. The summed E-state index contributed by atoms with van der Waals surface area (Å²) in [5.74, 6) is -2.40. The molecule has 0 saturated carbocycles. The molecule has 8 nitrogen and oxygen atoms in total. The van der Waals surface area contributed by atoms with Crippen LogP contribution >= 0.6 is 0 Å². The van der Waals surface area contributed by atoms with E-state index in [4.69, 9.17) is 0 Å². The van der Waals surface area contributed by atoms with Gasteiger partial charge in [0.1, 0.15) is 5.82 Å². The van der Waals surface area contributed by atoms with Crippen molar-refractivity contribution >= 4 is 39.1 Å². The first-order chi connectivity index (χ1) is 15.8. The van der Waals surface area contributed by atoms with Crippen molar-refractivity contribution in [2.45, 2.75) is 24.2 Å². The van der Waals surface area contributed by atoms with Gasteiger partial charge in [0.15, 0.2) is 0 Å². The van der Waals surface area contributed by atoms with Crippen LogP contribution in [0.3, 0.4) is 0 Å². The average Bonchev–Trinajstić information content (AvgIpc) is 3.04. The van der Waals surface area contributed by atoms with Crippen LogP contribution in [-0.4, -0.2) is 37.6 Å². The molecule has 0 spiro atoms. The van der Waals surface area contributed by atoms with E-state index >= 15 is 0 Å². The summed E-state index contributed by atoms with van der Waals surface area (Å²) in [7, 11) is -4.09. The van der Waals surface area contributed by atoms with Crippen molar-refractivity contribution in [1.29, 1.82) is 0 Å². The Hall–Kier alpha value is -3.53. The Morgan fingerprint density at radius 3 is 2.33 bits per heavy atom. The van der Waals surface area contributed by atoms with E-state index in [0.29, 0.717) is 12.8 Å². The van der Waals surface area contributed by atoms with Gasteiger partial charge in [-0.1, -0.05) is 30.4 Å². The first kappa shape index (κ1) is 22.7. The van der Waals surface area contributed by atoms with Gasteiger partial charge in [-0.3, -0.25) is 24.0 Å². The van der Waals surface area contributed by atoms with E-state index in [-0.39, 0.29) is 52.9 Å². The quantitative estimate of drug-likeness (QED) is 0.476. The number of fused-ring (bicyclic) bond motifs is 1. The Balaban J connectivity index is 1.38. The number of imide groups is 1. The fourth-order valence-corrected chi connectivity index (χ4v) is 5.13. The molecule has 2 aliphatic rings. The smallest absolute Gasteiger partial charge is 0.262 e. The van der Waals surface area contributed by atoms with E-state index in [1.54, 1.807) is 0 Å². The highest BCUT2D eigenvalue weighted by Crippen LogP contribution is 2.35. The Morgan fingerprint density at radius 1 is 1.00 bits per heavy atom. The summed E-state index contributed by atoms with van der Waals surface area (Å²) in [5, 5.41) is 2.58. The number of carbonyl (C=O) groups is 3. The second kappa shape index (κ2) is 9.14. The monoisotopic (exact) mass is 471 g/mol. The molecule has 4 rings (SSSR count). The van der Waals surface area contributed by atoms with Crippen molar-refractivity contribution in [2.75, 3.05) is 16.6 Å². The molecule has 1 saturated heterocycles. The van der Waals surface area contributed by atoms with Crippen molar-refractivity contribution in [3.63, 3.8) is 0 Å². The number of sulfonamides is 1. The maximum absolute atomic E-state index is 13.8. The molecule has 2 aromatic rings. The molecule has 3 amide bonds. The minimum Gasteiger partial charge on any atom is -0.326 e. The number of benzene rings is 2. The van der Waals surface area contributed by atoms with Gasteiger partial charge in [0.25, 0.3) is 10.0 Å². The number of carbonyl (C=O) groups excluding carboxylic acids is 3. The highest BCUT2D eigenvalue weighted by atomic mass is 32.2. The molecule has 0 radical (unpaired) electrons. The predicted molar refractivity (Wildman–Crippen MR) is 119 cm³/mol. The minimum absolute atomic E-state index is 0.0384. The third kappa shape index (κ3) is 4.80. The molecule has 2 aromatic carbocycles. The number of halogens is 1. The summed E-state index contributed by atoms with van der Waals surface area (Å²) in [6.07, 6.45) is 4.73. The Kier molecular flexibility index (Phi) is 6.28. The highest BCUT2D eigenvalue weighted by Gasteiger charge is 2.46. The number of nitrogens with zero attached hydrogens (tertiary/aromatic N) is 1. The van der Waals surface area contributed by atoms with Gasteiger partial charge < -0.3 is 5.32 Å². The van der Waals surface area contributed by atoms with E-state index < -0.39 is 21.7 Å². The van der Waals surface area contributed by atoms with Crippen molar-refractivity contribution < 1.29 is 27.2 Å². The zero-order chi connectivity index (χ0) is 23.6. The van der Waals surface area contributed by atoms with Crippen LogP contribution in [0, 0.1) is 17.7 Å². The number of likely N-dealkylation sites (tertiary alicyclic amines) is 1. The zero-order valence-corrected chi connectivity index (χ0v) is 18.3. The molecule has 2 unspecified atom stereocenters. The van der Waals surface area contributed by atoms with Gasteiger partial charge in [0.2, 0.25) is 17.7 Å². The van der Waals surface area contributed by atoms with Gasteiger partial charge in [-0.2, -0.15) is 0 Å². The maximum Gasteiger partial charge on any atom is 0.262 e. The van der Waals surface area contributed by atoms with Gasteiger partial charge in [0, 0.05) is 18.7 Å². The summed E-state index contributed by atoms with van der Waals surface area (Å²) >= 11 is 0. The van der Waals surface area contributed by atoms with Gasteiger partial charge in [0.05, 0.1) is 22.4 Å². The third-order valence-corrected chi connectivity index (χ3v) is 7.07. The van der Waals surface area contributed by atoms with E-state index in [9.17, 15) is 27.2 Å². The van der Waals surface area contributed by atoms with E-state index in [0.717, 1.165) is 11.0 Å². The molecule has 1 fully saturated rings. The molecule has 1 aliphatic heterocycles. The molecular formula is C23H22FN3O5S.